The molecule has 18 aromatic rings. The van der Waals surface area contributed by atoms with E-state index in [-0.39, 0.29) is 69.0 Å². The Morgan fingerprint density at radius 1 is 0.174 bits per heavy atom. The molecule has 684 valence electrons. The Balaban J connectivity index is 0.000000194. The van der Waals surface area contributed by atoms with E-state index in [1.54, 1.807) is 82.0 Å². The number of nitrogens with zero attached hydrogens (tertiary/aromatic N) is 6. The van der Waals surface area contributed by atoms with Gasteiger partial charge in [-0.3, -0.25) is 0 Å². The van der Waals surface area contributed by atoms with Crippen LogP contribution >= 0.6 is 49.1 Å². The lowest BCUT2D eigenvalue weighted by atomic mass is 10.1. The van der Waals surface area contributed by atoms with Crippen molar-refractivity contribution in [3.05, 3.63) is 473 Å². The molecular formula is C108H84N6O18P6. The van der Waals surface area contributed by atoms with E-state index < -0.39 is 49.1 Å². The summed E-state index contributed by atoms with van der Waals surface area (Å²) in [5, 5.41) is 65.7. The monoisotopic (exact) mass is 1940 g/mol. The molecule has 2 aliphatic rings. The van der Waals surface area contributed by atoms with Crippen LogP contribution in [-0.2, 0) is 0 Å². The van der Waals surface area contributed by atoms with E-state index in [4.69, 9.17) is 64.6 Å². The zero-order valence-corrected chi connectivity index (χ0v) is 78.3. The van der Waals surface area contributed by atoms with Crippen LogP contribution in [0, 0.1) is 0 Å². The molecule has 0 aromatic heterocycles. The second kappa shape index (κ2) is 42.9. The van der Waals surface area contributed by atoms with Crippen molar-refractivity contribution in [3.8, 4) is 170 Å². The summed E-state index contributed by atoms with van der Waals surface area (Å²) in [4.78, 5) is 28.1. The first kappa shape index (κ1) is 91.5. The summed E-state index contributed by atoms with van der Waals surface area (Å²) >= 11 is 0. The fourth-order valence-corrected chi connectivity index (χ4v) is 29.5. The minimum absolute atomic E-state index is 0.0611. The smallest absolute Gasteiger partial charge is 0.447 e. The van der Waals surface area contributed by atoms with Gasteiger partial charge in [0.25, 0.3) is 0 Å². The van der Waals surface area contributed by atoms with Crippen molar-refractivity contribution in [2.24, 2.45) is 9.03 Å². The second-order valence-electron chi connectivity index (χ2n) is 30.3. The Kier molecular flexibility index (Phi) is 28.5. The maximum Gasteiger partial charge on any atom is 0.447 e. The summed E-state index contributed by atoms with van der Waals surface area (Å²) in [5.41, 5.74) is 10.5. The lowest BCUT2D eigenvalue weighted by Crippen LogP contribution is -2.37. The molecule has 0 saturated carbocycles. The van der Waals surface area contributed by atoms with Crippen molar-refractivity contribution < 1.29 is 86.2 Å². The highest BCUT2D eigenvalue weighted by Crippen LogP contribution is 2.81. The normalized spacial score (nSPS) is 15.5. The molecular weight excluding hydrogens is 1860 g/mol. The van der Waals surface area contributed by atoms with Gasteiger partial charge in [-0.15, -0.1) is 9.03 Å². The molecule has 4 atom stereocenters. The van der Waals surface area contributed by atoms with Crippen LogP contribution in [0.2, 0.25) is 0 Å². The molecule has 20 rings (SSSR count). The van der Waals surface area contributed by atoms with Crippen molar-refractivity contribution in [2.75, 3.05) is 0 Å². The first-order valence-corrected chi connectivity index (χ1v) is 51.0. The number of hydrogen-bond acceptors (Lipinski definition) is 24. The van der Waals surface area contributed by atoms with Crippen molar-refractivity contribution in [2.45, 2.75) is 0 Å². The molecule has 0 fully saturated rings. The Morgan fingerprint density at radius 2 is 0.362 bits per heavy atom. The molecule has 0 radical (unpaired) electrons. The number of hydrogen-bond donors (Lipinski definition) is 6. The van der Waals surface area contributed by atoms with Gasteiger partial charge in [0.05, 0.1) is 0 Å². The molecule has 0 amide bonds. The van der Waals surface area contributed by atoms with E-state index >= 15 is 0 Å². The Hall–Kier alpha value is -15.6. The minimum Gasteiger partial charge on any atom is -0.504 e. The summed E-state index contributed by atoms with van der Waals surface area (Å²) in [6.07, 6.45) is 0. The molecule has 0 bridgehead atoms. The number of phenols is 6. The molecule has 0 saturated heterocycles. The zero-order valence-electron chi connectivity index (χ0n) is 73.0. The average Bonchev–Trinajstić information content (AvgIpc) is 0.731. The lowest BCUT2D eigenvalue weighted by molar-refractivity contribution is 0.0508. The lowest BCUT2D eigenvalue weighted by Gasteiger charge is -2.44. The molecule has 6 N–H and O–H groups in total. The van der Waals surface area contributed by atoms with Gasteiger partial charge >= 0.3 is 49.1 Å². The van der Waals surface area contributed by atoms with Gasteiger partial charge < -0.3 is 86.2 Å². The van der Waals surface area contributed by atoms with Crippen molar-refractivity contribution in [1.29, 1.82) is 0 Å². The Bertz CT molecular complexity index is 7220. The van der Waals surface area contributed by atoms with E-state index in [1.165, 1.54) is 72.8 Å². The third-order valence-corrected chi connectivity index (χ3v) is 34.6. The molecule has 138 heavy (non-hydrogen) atoms. The zero-order chi connectivity index (χ0) is 94.0. The standard InChI is InChI=1S/C72H54N3O6P3.C36H30N3O12P3/c1-7-31-55(32-8-1)61-43-19-25-49-67(61)76-74-82(78-69-51-27-21-45-63(69)57-35-11-3-12-36-57)73-84(80-71-53-29-23-47-65(71)59-39-15-5-16-40-59,81-72-54-30-24-48-66(72)60-41-17-6-18-42-60)75(77-68-50-26-20-44-62(68)56-33-9-2-10-34-56)83(74)79-70-52-28-22-46-64(70)58-37-13-4-14-38-58;40-25-13-1-7-19-31(25)46-38-52(48-33-21-9-3-15-27(33)42)37-54(50-35-23-11-5-17-29(35)44,51-36-24-12-6-18-30(36)45)39(47-32-20-8-2-14-26(32)41)53(38)49-34-22-10-4-16-28(34)43/h1-54H;1-24,40-45H. The highest BCUT2D eigenvalue weighted by molar-refractivity contribution is 7.79. The van der Waals surface area contributed by atoms with Gasteiger partial charge in [-0.05, 0) is 143 Å². The average molecular weight is 1940 g/mol. The topological polar surface area (TPSA) is 270 Å². The van der Waals surface area contributed by atoms with Crippen LogP contribution in [0.1, 0.15) is 0 Å². The van der Waals surface area contributed by atoms with Crippen LogP contribution < -0.4 is 55.5 Å². The van der Waals surface area contributed by atoms with Gasteiger partial charge in [0.2, 0.25) is 0 Å². The molecule has 0 spiro atoms. The molecule has 2 aliphatic heterocycles. The molecule has 0 aliphatic carbocycles. The fourth-order valence-electron chi connectivity index (χ4n) is 14.4. The molecule has 4 unspecified atom stereocenters. The van der Waals surface area contributed by atoms with E-state index in [0.717, 1.165) is 76.0 Å². The number of aromatic hydroxyl groups is 6. The van der Waals surface area contributed by atoms with E-state index in [1.807, 2.05) is 249 Å². The van der Waals surface area contributed by atoms with Gasteiger partial charge in [0.1, 0.15) is 23.0 Å². The maximum atomic E-state index is 11.0. The van der Waals surface area contributed by atoms with E-state index in [9.17, 15) is 30.6 Å². The Labute approximate surface area is 801 Å². The van der Waals surface area contributed by atoms with Gasteiger partial charge in [0, 0.05) is 51.8 Å². The van der Waals surface area contributed by atoms with Crippen LogP contribution in [0.15, 0.2) is 482 Å². The minimum atomic E-state index is -4.49. The molecule has 24 nitrogen and oxygen atoms in total. The molecule has 30 heteroatoms. The summed E-state index contributed by atoms with van der Waals surface area (Å²) in [7, 11) is -19.4. The van der Waals surface area contributed by atoms with E-state index in [0.29, 0.717) is 34.5 Å². The highest BCUT2D eigenvalue weighted by Gasteiger charge is 2.61. The van der Waals surface area contributed by atoms with Crippen molar-refractivity contribution in [3.63, 3.8) is 0 Å². The van der Waals surface area contributed by atoms with Crippen molar-refractivity contribution in [1.82, 2.24) is 18.4 Å². The van der Waals surface area contributed by atoms with Crippen molar-refractivity contribution >= 4 is 49.1 Å². The first-order chi connectivity index (χ1) is 67.8. The predicted octanol–water partition coefficient (Wildman–Crippen LogP) is 30.9. The van der Waals surface area contributed by atoms with Crippen LogP contribution in [0.3, 0.4) is 0 Å². The molecule has 2 heterocycles. The predicted molar refractivity (Wildman–Crippen MR) is 541 cm³/mol. The summed E-state index contributed by atoms with van der Waals surface area (Å²) in [6.45, 7) is 0. The van der Waals surface area contributed by atoms with Gasteiger partial charge in [-0.1, -0.05) is 364 Å². The number of benzene rings is 18. The summed E-state index contributed by atoms with van der Waals surface area (Å²) in [5.74, 6) is 0.451. The number of para-hydroxylation sites is 18. The van der Waals surface area contributed by atoms with Gasteiger partial charge in [0.15, 0.2) is 80.5 Å². The number of phenolic OH excluding ortho intramolecular Hbond substituents is 6. The maximum absolute atomic E-state index is 11.0. The SMILES string of the molecule is Oc1ccccc1ON1P(Oc2ccccc2O)N=P(Oc2ccccc2O)(Oc2ccccc2O)N(Oc2ccccc2O)P1Oc1ccccc1O.c1ccc(-c2ccccc2ON2P(Oc3ccccc3-c3ccccc3)N=P(Oc3ccccc3-c3ccccc3)(Oc3ccccc3-c3ccccc3)N(Oc3ccccc3-c3ccccc3)P2Oc2ccccc2-c2ccccc2)cc1. The number of rotatable bonds is 30. The van der Waals surface area contributed by atoms with Crippen LogP contribution in [0.5, 0.6) is 103 Å². The van der Waals surface area contributed by atoms with Crippen LogP contribution in [0.4, 0.5) is 0 Å². The van der Waals surface area contributed by atoms with Crippen LogP contribution in [-0.4, -0.2) is 49.1 Å². The summed E-state index contributed by atoms with van der Waals surface area (Å²) < 4.78 is 73.8. The molecule has 18 aromatic carbocycles. The quantitative estimate of drug-likeness (QED) is 0.0228. The van der Waals surface area contributed by atoms with E-state index in [2.05, 4.69) is 78.9 Å². The fraction of sp³-hybridized carbons (Fsp3) is 0. The Morgan fingerprint density at radius 3 is 0.681 bits per heavy atom. The largest absolute Gasteiger partial charge is 0.504 e. The second-order valence-corrected chi connectivity index (χ2v) is 41.3. The third kappa shape index (κ3) is 20.9. The first-order valence-electron chi connectivity index (χ1n) is 43.3. The highest BCUT2D eigenvalue weighted by atomic mass is 31.3. The third-order valence-electron chi connectivity index (χ3n) is 21.0. The van der Waals surface area contributed by atoms with Gasteiger partial charge in [-0.2, -0.15) is 0 Å². The summed E-state index contributed by atoms with van der Waals surface area (Å²) in [6, 6.07) is 145. The van der Waals surface area contributed by atoms with Crippen LogP contribution in [0.25, 0.3) is 66.8 Å². The van der Waals surface area contributed by atoms with Gasteiger partial charge in [-0.25, -0.2) is 0 Å².